The van der Waals surface area contributed by atoms with Crippen molar-refractivity contribution in [2.75, 3.05) is 6.54 Å². The number of hydrogen-bond acceptors (Lipinski definition) is 3. The van der Waals surface area contributed by atoms with Crippen molar-refractivity contribution in [2.45, 2.75) is 49.7 Å². The summed E-state index contributed by atoms with van der Waals surface area (Å²) < 4.78 is 5.35. The third kappa shape index (κ3) is 3.56. The van der Waals surface area contributed by atoms with Crippen molar-refractivity contribution >= 4 is 11.8 Å². The van der Waals surface area contributed by atoms with Crippen LogP contribution in [0.1, 0.15) is 38.4 Å². The van der Waals surface area contributed by atoms with Crippen LogP contribution in [0, 0.1) is 0 Å². The highest BCUT2D eigenvalue weighted by Gasteiger charge is 2.24. The lowest BCUT2D eigenvalue weighted by Crippen LogP contribution is -2.27. The second-order valence-corrected chi connectivity index (χ2v) is 5.77. The molecule has 3 heteroatoms. The highest BCUT2D eigenvalue weighted by Crippen LogP contribution is 2.32. The summed E-state index contributed by atoms with van der Waals surface area (Å²) in [7, 11) is 0. The van der Waals surface area contributed by atoms with Gasteiger partial charge < -0.3 is 9.73 Å². The molecule has 0 amide bonds. The third-order valence-corrected chi connectivity index (χ3v) is 4.46. The van der Waals surface area contributed by atoms with Gasteiger partial charge in [0, 0.05) is 11.3 Å². The number of thioether (sulfide) groups is 1. The van der Waals surface area contributed by atoms with E-state index in [9.17, 15) is 0 Å². The summed E-state index contributed by atoms with van der Waals surface area (Å²) >= 11 is 2.05. The number of furan rings is 1. The van der Waals surface area contributed by atoms with Crippen LogP contribution in [-0.4, -0.2) is 17.8 Å². The minimum Gasteiger partial charge on any atom is -0.468 e. The highest BCUT2D eigenvalue weighted by molar-refractivity contribution is 7.99. The largest absolute Gasteiger partial charge is 0.468 e. The first-order chi connectivity index (χ1) is 7.88. The van der Waals surface area contributed by atoms with Gasteiger partial charge in [0.1, 0.15) is 5.76 Å². The van der Waals surface area contributed by atoms with Crippen molar-refractivity contribution in [3.63, 3.8) is 0 Å². The zero-order valence-corrected chi connectivity index (χ0v) is 10.8. The van der Waals surface area contributed by atoms with Crippen molar-refractivity contribution in [1.82, 2.24) is 5.32 Å². The average Bonchev–Trinajstić information content (AvgIpc) is 2.95. The molecule has 2 unspecified atom stereocenters. The molecule has 90 valence electrons. The molecule has 2 rings (SSSR count). The summed E-state index contributed by atoms with van der Waals surface area (Å²) in [6.45, 7) is 3.39. The van der Waals surface area contributed by atoms with E-state index in [1.807, 2.05) is 17.8 Å². The predicted molar refractivity (Wildman–Crippen MR) is 69.7 cm³/mol. The Balaban J connectivity index is 1.65. The van der Waals surface area contributed by atoms with Gasteiger partial charge in [-0.25, -0.2) is 0 Å². The molecule has 0 saturated heterocycles. The van der Waals surface area contributed by atoms with Crippen molar-refractivity contribution in [3.05, 3.63) is 24.2 Å². The van der Waals surface area contributed by atoms with Crippen LogP contribution < -0.4 is 5.32 Å². The Morgan fingerprint density at radius 2 is 2.44 bits per heavy atom. The highest BCUT2D eigenvalue weighted by atomic mass is 32.2. The van der Waals surface area contributed by atoms with Crippen LogP contribution in [0.3, 0.4) is 0 Å². The van der Waals surface area contributed by atoms with Gasteiger partial charge in [-0.1, -0.05) is 6.92 Å². The van der Waals surface area contributed by atoms with Crippen LogP contribution in [0.25, 0.3) is 0 Å². The molecule has 1 aliphatic rings. The second-order valence-electron chi connectivity index (χ2n) is 4.48. The van der Waals surface area contributed by atoms with E-state index >= 15 is 0 Å². The van der Waals surface area contributed by atoms with E-state index in [0.29, 0.717) is 0 Å². The molecule has 0 radical (unpaired) electrons. The first-order valence-electron chi connectivity index (χ1n) is 6.26. The van der Waals surface area contributed by atoms with Crippen LogP contribution in [0.5, 0.6) is 0 Å². The molecule has 1 aliphatic carbocycles. The second kappa shape index (κ2) is 6.36. The molecule has 0 bridgehead atoms. The van der Waals surface area contributed by atoms with Gasteiger partial charge in [0.15, 0.2) is 0 Å². The lowest BCUT2D eigenvalue weighted by atomic mass is 10.2. The van der Waals surface area contributed by atoms with E-state index in [1.165, 1.54) is 32.2 Å². The van der Waals surface area contributed by atoms with E-state index < -0.39 is 0 Å². The van der Waals surface area contributed by atoms with Crippen molar-refractivity contribution in [2.24, 2.45) is 0 Å². The summed E-state index contributed by atoms with van der Waals surface area (Å²) in [4.78, 5) is 0. The predicted octanol–water partition coefficient (Wildman–Crippen LogP) is 3.43. The van der Waals surface area contributed by atoms with Gasteiger partial charge in [0.2, 0.25) is 0 Å². The average molecular weight is 239 g/mol. The molecule has 2 nitrogen and oxygen atoms in total. The lowest BCUT2D eigenvalue weighted by Gasteiger charge is -2.12. The molecule has 1 N–H and O–H groups in total. The molecule has 1 heterocycles. The lowest BCUT2D eigenvalue weighted by molar-refractivity contribution is 0.523. The zero-order chi connectivity index (χ0) is 11.2. The first kappa shape index (κ1) is 12.1. The molecule has 1 fully saturated rings. The Labute approximate surface area is 102 Å². The Hall–Kier alpha value is -0.410. The van der Waals surface area contributed by atoms with E-state index in [1.54, 1.807) is 6.26 Å². The van der Waals surface area contributed by atoms with Crippen molar-refractivity contribution in [1.29, 1.82) is 0 Å². The van der Waals surface area contributed by atoms with E-state index in [4.69, 9.17) is 4.42 Å². The molecule has 0 aromatic carbocycles. The maximum Gasteiger partial charge on any atom is 0.113 e. The zero-order valence-electron chi connectivity index (χ0n) is 9.95. The van der Waals surface area contributed by atoms with Gasteiger partial charge in [-0.05, 0) is 44.4 Å². The smallest absolute Gasteiger partial charge is 0.113 e. The normalized spacial score (nSPS) is 25.1. The van der Waals surface area contributed by atoms with Crippen molar-refractivity contribution < 1.29 is 4.42 Å². The number of rotatable bonds is 6. The summed E-state index contributed by atoms with van der Waals surface area (Å²) in [6.07, 6.45) is 7.02. The van der Waals surface area contributed by atoms with E-state index in [-0.39, 0.29) is 0 Å². The van der Waals surface area contributed by atoms with Gasteiger partial charge in [-0.3, -0.25) is 0 Å². The van der Waals surface area contributed by atoms with E-state index in [2.05, 4.69) is 18.3 Å². The molecule has 2 atom stereocenters. The molecule has 1 aromatic heterocycles. The summed E-state index contributed by atoms with van der Waals surface area (Å²) in [5.41, 5.74) is 0. The van der Waals surface area contributed by atoms with Crippen molar-refractivity contribution in [3.8, 4) is 0 Å². The topological polar surface area (TPSA) is 25.2 Å². The van der Waals surface area contributed by atoms with Gasteiger partial charge >= 0.3 is 0 Å². The molecular weight excluding hydrogens is 218 g/mol. The third-order valence-electron chi connectivity index (χ3n) is 3.11. The molecule has 1 saturated carbocycles. The Kier molecular flexibility index (Phi) is 4.79. The maximum atomic E-state index is 5.35. The summed E-state index contributed by atoms with van der Waals surface area (Å²) in [5, 5.41) is 4.44. The Morgan fingerprint density at radius 1 is 1.50 bits per heavy atom. The fraction of sp³-hybridized carbons (Fsp3) is 0.692. The maximum absolute atomic E-state index is 5.35. The fourth-order valence-electron chi connectivity index (χ4n) is 2.22. The number of hydrogen-bond donors (Lipinski definition) is 1. The molecule has 0 spiro atoms. The van der Waals surface area contributed by atoms with Gasteiger partial charge in [0.25, 0.3) is 0 Å². The SMILES string of the molecule is CCCNC1CCC(SCc2ccco2)C1. The Bertz CT molecular complexity index is 286. The summed E-state index contributed by atoms with van der Waals surface area (Å²) in [5.74, 6) is 2.13. The number of nitrogens with one attached hydrogen (secondary N) is 1. The standard InChI is InChI=1S/C13H21NOS/c1-2-7-14-11-5-6-13(9-11)16-10-12-4-3-8-15-12/h3-4,8,11,13-14H,2,5-7,9-10H2,1H3. The van der Waals surface area contributed by atoms with Gasteiger partial charge in [0.05, 0.1) is 12.0 Å². The van der Waals surface area contributed by atoms with Crippen LogP contribution in [0.4, 0.5) is 0 Å². The molecule has 0 aliphatic heterocycles. The van der Waals surface area contributed by atoms with E-state index in [0.717, 1.165) is 22.8 Å². The quantitative estimate of drug-likeness (QED) is 0.823. The van der Waals surface area contributed by atoms with Crippen LogP contribution in [0.15, 0.2) is 22.8 Å². The van der Waals surface area contributed by atoms with Gasteiger partial charge in [-0.2, -0.15) is 11.8 Å². The minimum atomic E-state index is 0.758. The first-order valence-corrected chi connectivity index (χ1v) is 7.30. The van der Waals surface area contributed by atoms with Crippen LogP contribution in [0.2, 0.25) is 0 Å². The summed E-state index contributed by atoms with van der Waals surface area (Å²) in [6, 6.07) is 4.79. The molecular formula is C13H21NOS. The monoisotopic (exact) mass is 239 g/mol. The van der Waals surface area contributed by atoms with Crippen LogP contribution >= 0.6 is 11.8 Å². The Morgan fingerprint density at radius 3 is 3.19 bits per heavy atom. The fourth-order valence-corrected chi connectivity index (χ4v) is 3.46. The minimum absolute atomic E-state index is 0.758. The molecule has 16 heavy (non-hydrogen) atoms. The van der Waals surface area contributed by atoms with Gasteiger partial charge in [-0.15, -0.1) is 0 Å². The molecule has 1 aromatic rings. The van der Waals surface area contributed by atoms with Crippen LogP contribution in [-0.2, 0) is 5.75 Å².